The Hall–Kier alpha value is -3.02. The Morgan fingerprint density at radius 2 is 1.56 bits per heavy atom. The summed E-state index contributed by atoms with van der Waals surface area (Å²) >= 11 is 0. The fourth-order valence-electron chi connectivity index (χ4n) is 3.07. The molecule has 0 bridgehead atoms. The number of hydrogen-bond acceptors (Lipinski definition) is 5. The number of hydrogen-bond donors (Lipinski definition) is 0. The molecule has 27 heavy (non-hydrogen) atoms. The van der Waals surface area contributed by atoms with Gasteiger partial charge in [-0.15, -0.1) is 0 Å². The van der Waals surface area contributed by atoms with Crippen LogP contribution in [0.4, 0.5) is 5.69 Å². The van der Waals surface area contributed by atoms with Gasteiger partial charge in [-0.2, -0.15) is 0 Å². The summed E-state index contributed by atoms with van der Waals surface area (Å²) in [7, 11) is 1.66. The highest BCUT2D eigenvalue weighted by Crippen LogP contribution is 2.21. The van der Waals surface area contributed by atoms with E-state index in [2.05, 4.69) is 4.90 Å². The topological polar surface area (TPSA) is 59.1 Å². The number of rotatable bonds is 5. The first-order valence-electron chi connectivity index (χ1n) is 8.97. The first kappa shape index (κ1) is 18.8. The van der Waals surface area contributed by atoms with Gasteiger partial charge in [0.15, 0.2) is 0 Å². The Kier molecular flexibility index (Phi) is 5.96. The van der Waals surface area contributed by atoms with Crippen molar-refractivity contribution in [1.82, 2.24) is 4.90 Å². The smallest absolute Gasteiger partial charge is 0.302 e. The molecule has 1 saturated heterocycles. The van der Waals surface area contributed by atoms with E-state index >= 15 is 0 Å². The summed E-state index contributed by atoms with van der Waals surface area (Å²) in [6.45, 7) is 4.55. The molecule has 6 nitrogen and oxygen atoms in total. The lowest BCUT2D eigenvalue weighted by Crippen LogP contribution is -2.48. The number of carbonyl (C=O) groups is 2. The van der Waals surface area contributed by atoms with E-state index in [1.165, 1.54) is 6.92 Å². The van der Waals surface area contributed by atoms with Gasteiger partial charge in [0, 0.05) is 44.4 Å². The Morgan fingerprint density at radius 3 is 2.11 bits per heavy atom. The molecule has 0 spiro atoms. The van der Waals surface area contributed by atoms with Crippen molar-refractivity contribution in [1.29, 1.82) is 0 Å². The van der Waals surface area contributed by atoms with Gasteiger partial charge in [0.2, 0.25) is 0 Å². The molecule has 1 aliphatic heterocycles. The van der Waals surface area contributed by atoms with Crippen LogP contribution in [0.3, 0.4) is 0 Å². The Morgan fingerprint density at radius 1 is 0.926 bits per heavy atom. The molecule has 1 fully saturated rings. The molecule has 0 saturated carbocycles. The zero-order valence-electron chi connectivity index (χ0n) is 15.7. The molecule has 142 valence electrons. The van der Waals surface area contributed by atoms with Crippen molar-refractivity contribution in [2.45, 2.75) is 13.5 Å². The first-order chi connectivity index (χ1) is 13.1. The zero-order chi connectivity index (χ0) is 19.2. The van der Waals surface area contributed by atoms with E-state index in [0.717, 1.165) is 30.1 Å². The first-order valence-corrected chi connectivity index (χ1v) is 8.97. The third-order valence-electron chi connectivity index (χ3n) is 4.65. The summed E-state index contributed by atoms with van der Waals surface area (Å²) in [4.78, 5) is 27.7. The lowest BCUT2D eigenvalue weighted by Gasteiger charge is -2.36. The van der Waals surface area contributed by atoms with Crippen LogP contribution in [0.25, 0.3) is 0 Å². The summed E-state index contributed by atoms with van der Waals surface area (Å²) in [5.41, 5.74) is 2.66. The maximum atomic E-state index is 12.7. The summed E-state index contributed by atoms with van der Waals surface area (Å²) in [6.07, 6.45) is 0. The monoisotopic (exact) mass is 368 g/mol. The van der Waals surface area contributed by atoms with Gasteiger partial charge in [-0.25, -0.2) is 0 Å². The number of benzene rings is 2. The van der Waals surface area contributed by atoms with E-state index in [0.29, 0.717) is 18.7 Å². The highest BCUT2D eigenvalue weighted by atomic mass is 16.5. The van der Waals surface area contributed by atoms with Crippen molar-refractivity contribution in [2.75, 3.05) is 38.2 Å². The summed E-state index contributed by atoms with van der Waals surface area (Å²) in [5.74, 6) is 0.554. The van der Waals surface area contributed by atoms with Crippen molar-refractivity contribution in [2.24, 2.45) is 0 Å². The number of esters is 1. The minimum atomic E-state index is -0.315. The molecule has 3 rings (SSSR count). The molecule has 1 aliphatic rings. The Labute approximate surface area is 159 Å². The van der Waals surface area contributed by atoms with Crippen molar-refractivity contribution in [3.8, 4) is 5.75 Å². The summed E-state index contributed by atoms with van der Waals surface area (Å²) in [6, 6.07) is 15.2. The molecule has 0 aliphatic carbocycles. The van der Waals surface area contributed by atoms with E-state index < -0.39 is 0 Å². The van der Waals surface area contributed by atoms with E-state index in [1.54, 1.807) is 19.2 Å². The van der Waals surface area contributed by atoms with Gasteiger partial charge < -0.3 is 19.3 Å². The van der Waals surface area contributed by atoms with Crippen LogP contribution in [0.2, 0.25) is 0 Å². The van der Waals surface area contributed by atoms with Gasteiger partial charge in [-0.3, -0.25) is 9.59 Å². The Balaban J connectivity index is 1.55. The van der Waals surface area contributed by atoms with Crippen LogP contribution in [0.1, 0.15) is 22.8 Å². The molecule has 0 radical (unpaired) electrons. The predicted octanol–water partition coefficient (Wildman–Crippen LogP) is 2.72. The van der Waals surface area contributed by atoms with Gasteiger partial charge in [0.05, 0.1) is 7.11 Å². The van der Waals surface area contributed by atoms with Crippen LogP contribution < -0.4 is 9.64 Å². The summed E-state index contributed by atoms with van der Waals surface area (Å²) < 4.78 is 10.2. The number of methoxy groups -OCH3 is 1. The minimum absolute atomic E-state index is 0.0309. The van der Waals surface area contributed by atoms with Crippen molar-refractivity contribution < 1.29 is 19.1 Å². The minimum Gasteiger partial charge on any atom is -0.497 e. The SMILES string of the molecule is COc1ccc(N2CCN(C(=O)c3ccc(COC(C)=O)cc3)CC2)cc1. The molecule has 1 amide bonds. The quantitative estimate of drug-likeness (QED) is 0.760. The fourth-order valence-corrected chi connectivity index (χ4v) is 3.07. The number of amides is 1. The molecular weight excluding hydrogens is 344 g/mol. The van der Waals surface area contributed by atoms with Crippen molar-refractivity contribution in [3.05, 3.63) is 59.7 Å². The molecule has 2 aromatic carbocycles. The average molecular weight is 368 g/mol. The third-order valence-corrected chi connectivity index (χ3v) is 4.65. The third kappa shape index (κ3) is 4.78. The molecule has 0 N–H and O–H groups in total. The van der Waals surface area contributed by atoms with Gasteiger partial charge in [0.25, 0.3) is 5.91 Å². The number of nitrogens with zero attached hydrogens (tertiary/aromatic N) is 2. The number of piperazine rings is 1. The maximum absolute atomic E-state index is 12.7. The molecule has 6 heteroatoms. The van der Waals surface area contributed by atoms with Crippen LogP contribution in [-0.4, -0.2) is 50.1 Å². The molecule has 2 aromatic rings. The molecule has 0 aromatic heterocycles. The number of carbonyl (C=O) groups excluding carboxylic acids is 2. The van der Waals surface area contributed by atoms with Gasteiger partial charge >= 0.3 is 5.97 Å². The summed E-state index contributed by atoms with van der Waals surface area (Å²) in [5, 5.41) is 0. The van der Waals surface area contributed by atoms with E-state index in [4.69, 9.17) is 9.47 Å². The maximum Gasteiger partial charge on any atom is 0.302 e. The van der Waals surface area contributed by atoms with E-state index in [9.17, 15) is 9.59 Å². The predicted molar refractivity (Wildman–Crippen MR) is 103 cm³/mol. The lowest BCUT2D eigenvalue weighted by atomic mass is 10.1. The molecule has 1 heterocycles. The van der Waals surface area contributed by atoms with Crippen molar-refractivity contribution in [3.63, 3.8) is 0 Å². The fraction of sp³-hybridized carbons (Fsp3) is 0.333. The van der Waals surface area contributed by atoms with Gasteiger partial charge in [0.1, 0.15) is 12.4 Å². The van der Waals surface area contributed by atoms with Crippen LogP contribution in [-0.2, 0) is 16.1 Å². The molecular formula is C21H24N2O4. The normalized spacial score (nSPS) is 14.0. The molecule has 0 atom stereocenters. The van der Waals surface area contributed by atoms with Gasteiger partial charge in [-0.05, 0) is 42.0 Å². The highest BCUT2D eigenvalue weighted by molar-refractivity contribution is 5.94. The highest BCUT2D eigenvalue weighted by Gasteiger charge is 2.22. The second kappa shape index (κ2) is 8.58. The van der Waals surface area contributed by atoms with Gasteiger partial charge in [-0.1, -0.05) is 12.1 Å². The second-order valence-electron chi connectivity index (χ2n) is 6.45. The standard InChI is InChI=1S/C21H24N2O4/c1-16(24)27-15-17-3-5-18(6-4-17)21(25)23-13-11-22(12-14-23)19-7-9-20(26-2)10-8-19/h3-10H,11-15H2,1-2H3. The van der Waals surface area contributed by atoms with E-state index in [-0.39, 0.29) is 18.5 Å². The largest absolute Gasteiger partial charge is 0.497 e. The number of anilines is 1. The zero-order valence-corrected chi connectivity index (χ0v) is 15.7. The van der Waals surface area contributed by atoms with Crippen LogP contribution in [0.5, 0.6) is 5.75 Å². The van der Waals surface area contributed by atoms with Crippen LogP contribution >= 0.6 is 0 Å². The van der Waals surface area contributed by atoms with Crippen LogP contribution in [0.15, 0.2) is 48.5 Å². The average Bonchev–Trinajstić information content (AvgIpc) is 2.72. The van der Waals surface area contributed by atoms with Crippen LogP contribution in [0, 0.1) is 0 Å². The second-order valence-corrected chi connectivity index (χ2v) is 6.45. The van der Waals surface area contributed by atoms with E-state index in [1.807, 2.05) is 41.3 Å². The lowest BCUT2D eigenvalue weighted by molar-refractivity contribution is -0.142. The van der Waals surface area contributed by atoms with Crippen molar-refractivity contribution >= 4 is 17.6 Å². The Bertz CT molecular complexity index is 779. The number of ether oxygens (including phenoxy) is 2. The molecule has 0 unspecified atom stereocenters.